The molecular weight excluding hydrogens is 446 g/mol. The number of nitrogens with zero attached hydrogens (tertiary/aromatic N) is 4. The van der Waals surface area contributed by atoms with Gasteiger partial charge in [0, 0.05) is 11.1 Å². The Hall–Kier alpha value is -3.78. The van der Waals surface area contributed by atoms with Crippen molar-refractivity contribution in [2.45, 2.75) is 43.5 Å². The number of fused-ring (bicyclic) bond motifs is 3. The van der Waals surface area contributed by atoms with E-state index in [0.717, 1.165) is 27.8 Å². The van der Waals surface area contributed by atoms with Gasteiger partial charge < -0.3 is 5.32 Å². The number of sulfone groups is 1. The van der Waals surface area contributed by atoms with Gasteiger partial charge >= 0.3 is 0 Å². The molecule has 5 aromatic rings. The highest BCUT2D eigenvalue weighted by Gasteiger charge is 2.27. The summed E-state index contributed by atoms with van der Waals surface area (Å²) in [6, 6.07) is 20.6. The van der Waals surface area contributed by atoms with Crippen LogP contribution < -0.4 is 5.32 Å². The third-order valence-electron chi connectivity index (χ3n) is 5.82. The molecule has 0 saturated carbocycles. The summed E-state index contributed by atoms with van der Waals surface area (Å²) in [5.41, 5.74) is 5.07. The van der Waals surface area contributed by atoms with Crippen LogP contribution >= 0.6 is 0 Å². The maximum absolute atomic E-state index is 13.5. The summed E-state index contributed by atoms with van der Waals surface area (Å²) in [4.78, 5) is 4.87. The Balaban J connectivity index is 1.69. The Kier molecular flexibility index (Phi) is 5.32. The first-order valence-electron chi connectivity index (χ1n) is 11.1. The number of benzene rings is 3. The number of nitrogens with one attached hydrogen (secondary N) is 1. The van der Waals surface area contributed by atoms with Crippen molar-refractivity contribution < 1.29 is 8.42 Å². The quantitative estimate of drug-likeness (QED) is 0.359. The Morgan fingerprint density at radius 2 is 1.59 bits per heavy atom. The molecule has 3 aromatic carbocycles. The van der Waals surface area contributed by atoms with Gasteiger partial charge in [-0.05, 0) is 72.9 Å². The normalized spacial score (nSPS) is 12.0. The molecule has 2 heterocycles. The van der Waals surface area contributed by atoms with Crippen molar-refractivity contribution in [1.82, 2.24) is 19.8 Å². The van der Waals surface area contributed by atoms with Crippen LogP contribution in [0.25, 0.3) is 16.6 Å². The first kappa shape index (κ1) is 22.0. The van der Waals surface area contributed by atoms with Crippen LogP contribution in [0.4, 0.5) is 11.5 Å². The summed E-state index contributed by atoms with van der Waals surface area (Å²) in [5, 5.41) is 12.2. The van der Waals surface area contributed by atoms with Gasteiger partial charge in [0.1, 0.15) is 5.82 Å². The molecule has 172 valence electrons. The molecule has 0 amide bonds. The Morgan fingerprint density at radius 3 is 2.26 bits per heavy atom. The maximum atomic E-state index is 13.5. The van der Waals surface area contributed by atoms with E-state index in [1.807, 2.05) is 62.4 Å². The number of para-hydroxylation sites is 1. The lowest BCUT2D eigenvalue weighted by atomic mass is 10.0. The van der Waals surface area contributed by atoms with E-state index in [0.29, 0.717) is 17.3 Å². The van der Waals surface area contributed by atoms with Crippen molar-refractivity contribution in [3.05, 3.63) is 83.4 Å². The summed E-state index contributed by atoms with van der Waals surface area (Å²) in [6.45, 7) is 8.19. The third-order valence-corrected chi connectivity index (χ3v) is 7.48. The van der Waals surface area contributed by atoms with Crippen molar-refractivity contribution in [2.24, 2.45) is 0 Å². The van der Waals surface area contributed by atoms with Gasteiger partial charge in [-0.3, -0.25) is 0 Å². The van der Waals surface area contributed by atoms with Crippen molar-refractivity contribution in [1.29, 1.82) is 0 Å². The largest absolute Gasteiger partial charge is 0.340 e. The third kappa shape index (κ3) is 3.80. The van der Waals surface area contributed by atoms with E-state index in [4.69, 9.17) is 4.98 Å². The van der Waals surface area contributed by atoms with Gasteiger partial charge in [-0.15, -0.1) is 5.10 Å². The fourth-order valence-corrected chi connectivity index (χ4v) is 5.38. The molecule has 0 radical (unpaired) electrons. The Morgan fingerprint density at radius 1 is 0.912 bits per heavy atom. The molecule has 1 N–H and O–H groups in total. The van der Waals surface area contributed by atoms with Crippen molar-refractivity contribution >= 4 is 37.9 Å². The van der Waals surface area contributed by atoms with Crippen molar-refractivity contribution in [2.75, 3.05) is 5.32 Å². The zero-order chi connectivity index (χ0) is 24.0. The monoisotopic (exact) mass is 471 g/mol. The van der Waals surface area contributed by atoms with Crippen LogP contribution in [0, 0.1) is 13.8 Å². The van der Waals surface area contributed by atoms with E-state index in [9.17, 15) is 8.42 Å². The highest BCUT2D eigenvalue weighted by molar-refractivity contribution is 7.91. The van der Waals surface area contributed by atoms with E-state index in [1.54, 1.807) is 12.1 Å². The second kappa shape index (κ2) is 8.22. The fourth-order valence-electron chi connectivity index (χ4n) is 4.14. The van der Waals surface area contributed by atoms with Gasteiger partial charge in [-0.2, -0.15) is 4.52 Å². The van der Waals surface area contributed by atoms with E-state index in [2.05, 4.69) is 35.5 Å². The average molecular weight is 472 g/mol. The molecule has 0 aliphatic carbocycles. The second-order valence-corrected chi connectivity index (χ2v) is 10.7. The summed E-state index contributed by atoms with van der Waals surface area (Å²) < 4.78 is 28.5. The van der Waals surface area contributed by atoms with Crippen LogP contribution in [-0.4, -0.2) is 28.2 Å². The number of aromatic nitrogens is 4. The van der Waals surface area contributed by atoms with Gasteiger partial charge in [0.15, 0.2) is 5.65 Å². The predicted octanol–water partition coefficient (Wildman–Crippen LogP) is 5.59. The zero-order valence-electron chi connectivity index (χ0n) is 19.4. The van der Waals surface area contributed by atoms with Crippen LogP contribution in [0.3, 0.4) is 0 Å². The molecule has 0 bridgehead atoms. The molecule has 0 spiro atoms. The molecule has 0 unspecified atom stereocenters. The summed E-state index contributed by atoms with van der Waals surface area (Å²) in [5.74, 6) is 0.848. The molecule has 8 heteroatoms. The highest BCUT2D eigenvalue weighted by atomic mass is 32.2. The number of anilines is 2. The SMILES string of the molecule is Cc1cc(C)cc(Nc2nc3c(S(=O)(=O)c4ccc(C(C)C)cc4)nnn3c3ccccc23)c1. The Bertz CT molecular complexity index is 1620. The van der Waals surface area contributed by atoms with Crippen molar-refractivity contribution in [3.8, 4) is 0 Å². The summed E-state index contributed by atoms with van der Waals surface area (Å²) in [6.07, 6.45) is 0. The molecule has 0 fully saturated rings. The molecule has 34 heavy (non-hydrogen) atoms. The number of aryl methyl sites for hydroxylation is 2. The molecule has 0 aliphatic heterocycles. The van der Waals surface area contributed by atoms with E-state index in [1.165, 1.54) is 4.52 Å². The van der Waals surface area contributed by atoms with Gasteiger partial charge in [0.2, 0.25) is 14.9 Å². The minimum atomic E-state index is -3.92. The van der Waals surface area contributed by atoms with Gasteiger partial charge in [0.05, 0.1) is 10.4 Å². The minimum Gasteiger partial charge on any atom is -0.340 e. The van der Waals surface area contributed by atoms with Crippen molar-refractivity contribution in [3.63, 3.8) is 0 Å². The molecule has 5 rings (SSSR count). The van der Waals surface area contributed by atoms with Gasteiger partial charge in [-0.1, -0.05) is 49.4 Å². The molecule has 0 saturated heterocycles. The second-order valence-electron chi connectivity index (χ2n) is 8.84. The molecule has 2 aromatic heterocycles. The lowest BCUT2D eigenvalue weighted by Gasteiger charge is -2.12. The molecular formula is C26H25N5O2S. The standard InChI is InChI=1S/C26H25N5O2S/c1-16(2)19-9-11-21(12-10-19)34(32,33)26-25-28-24(27-20-14-17(3)13-18(4)15-20)22-7-5-6-8-23(22)31(25)30-29-26/h5-16H,1-4H3,(H,27,28). The lowest BCUT2D eigenvalue weighted by molar-refractivity contribution is 0.592. The van der Waals surface area contributed by atoms with Gasteiger partial charge in [-0.25, -0.2) is 13.4 Å². The summed E-state index contributed by atoms with van der Waals surface area (Å²) in [7, 11) is -3.92. The number of rotatable bonds is 5. The first-order valence-corrected chi connectivity index (χ1v) is 12.6. The predicted molar refractivity (Wildman–Crippen MR) is 133 cm³/mol. The van der Waals surface area contributed by atoms with E-state index >= 15 is 0 Å². The highest BCUT2D eigenvalue weighted by Crippen LogP contribution is 2.30. The van der Waals surface area contributed by atoms with E-state index < -0.39 is 9.84 Å². The van der Waals surface area contributed by atoms with Crippen LogP contribution in [0.15, 0.2) is 76.7 Å². The molecule has 7 nitrogen and oxygen atoms in total. The lowest BCUT2D eigenvalue weighted by Crippen LogP contribution is -2.06. The fraction of sp³-hybridized carbons (Fsp3) is 0.192. The van der Waals surface area contributed by atoms with Crippen LogP contribution in [0.5, 0.6) is 0 Å². The van der Waals surface area contributed by atoms with Crippen LogP contribution in [0.2, 0.25) is 0 Å². The Labute approximate surface area is 198 Å². The molecule has 0 atom stereocenters. The summed E-state index contributed by atoms with van der Waals surface area (Å²) >= 11 is 0. The van der Waals surface area contributed by atoms with Crippen LogP contribution in [0.1, 0.15) is 36.5 Å². The zero-order valence-corrected chi connectivity index (χ0v) is 20.3. The minimum absolute atomic E-state index is 0.165. The molecule has 0 aliphatic rings. The topological polar surface area (TPSA) is 89.2 Å². The van der Waals surface area contributed by atoms with Crippen LogP contribution in [-0.2, 0) is 9.84 Å². The number of hydrogen-bond donors (Lipinski definition) is 1. The number of hydrogen-bond acceptors (Lipinski definition) is 6. The van der Waals surface area contributed by atoms with E-state index in [-0.39, 0.29) is 15.6 Å². The van der Waals surface area contributed by atoms with Gasteiger partial charge in [0.25, 0.3) is 0 Å². The first-order chi connectivity index (χ1) is 16.2. The smallest absolute Gasteiger partial charge is 0.229 e. The average Bonchev–Trinajstić information content (AvgIpc) is 3.23. The maximum Gasteiger partial charge on any atom is 0.229 e.